The van der Waals surface area contributed by atoms with Crippen molar-refractivity contribution in [2.24, 2.45) is 0 Å². The summed E-state index contributed by atoms with van der Waals surface area (Å²) in [5.41, 5.74) is 2.35. The van der Waals surface area contributed by atoms with Gasteiger partial charge in [-0.25, -0.2) is 4.98 Å². The molecular formula is C18H15N3O3. The maximum absolute atomic E-state index is 12.4. The summed E-state index contributed by atoms with van der Waals surface area (Å²) in [5, 5.41) is 2.91. The van der Waals surface area contributed by atoms with Crippen molar-refractivity contribution in [1.82, 2.24) is 9.55 Å². The Morgan fingerprint density at radius 1 is 1.17 bits per heavy atom. The van der Waals surface area contributed by atoms with E-state index < -0.39 is 0 Å². The lowest BCUT2D eigenvalue weighted by molar-refractivity contribution is 0.102. The van der Waals surface area contributed by atoms with Crippen LogP contribution in [0.25, 0.3) is 0 Å². The Kier molecular flexibility index (Phi) is 3.63. The van der Waals surface area contributed by atoms with E-state index in [1.165, 1.54) is 0 Å². The van der Waals surface area contributed by atoms with E-state index in [9.17, 15) is 4.79 Å². The summed E-state index contributed by atoms with van der Waals surface area (Å²) in [7, 11) is 0. The number of hydrogen-bond donors (Lipinski definition) is 1. The molecule has 1 N–H and O–H groups in total. The number of nitrogens with zero attached hydrogens (tertiary/aromatic N) is 2. The van der Waals surface area contributed by atoms with Gasteiger partial charge in [0.05, 0.1) is 6.33 Å². The number of aromatic nitrogens is 2. The third-order valence-electron chi connectivity index (χ3n) is 3.74. The van der Waals surface area contributed by atoms with Crippen molar-refractivity contribution < 1.29 is 14.3 Å². The van der Waals surface area contributed by atoms with Crippen molar-refractivity contribution in [1.29, 1.82) is 0 Å². The first-order chi connectivity index (χ1) is 11.8. The molecule has 0 spiro atoms. The summed E-state index contributed by atoms with van der Waals surface area (Å²) in [6, 6.07) is 12.9. The molecule has 1 aliphatic rings. The van der Waals surface area contributed by atoms with Crippen molar-refractivity contribution in [3.63, 3.8) is 0 Å². The maximum atomic E-state index is 12.4. The summed E-state index contributed by atoms with van der Waals surface area (Å²) < 4.78 is 12.5. The van der Waals surface area contributed by atoms with E-state index in [-0.39, 0.29) is 12.7 Å². The molecule has 0 unspecified atom stereocenters. The zero-order valence-corrected chi connectivity index (χ0v) is 12.8. The fraction of sp³-hybridized carbons (Fsp3) is 0.111. The zero-order chi connectivity index (χ0) is 16.4. The number of anilines is 1. The van der Waals surface area contributed by atoms with Gasteiger partial charge in [0.25, 0.3) is 5.91 Å². The van der Waals surface area contributed by atoms with Crippen molar-refractivity contribution in [2.75, 3.05) is 12.1 Å². The molecule has 6 heteroatoms. The number of rotatable bonds is 4. The van der Waals surface area contributed by atoms with Crippen LogP contribution in [0.5, 0.6) is 11.5 Å². The summed E-state index contributed by atoms with van der Waals surface area (Å²) in [5.74, 6) is 1.07. The smallest absolute Gasteiger partial charge is 0.255 e. The number of amides is 1. The average molecular weight is 321 g/mol. The summed E-state index contributed by atoms with van der Waals surface area (Å²) in [4.78, 5) is 16.4. The number of carbonyl (C=O) groups excluding carboxylic acids is 1. The molecule has 0 saturated heterocycles. The molecule has 0 bridgehead atoms. The monoisotopic (exact) mass is 321 g/mol. The highest BCUT2D eigenvalue weighted by molar-refractivity contribution is 6.04. The van der Waals surface area contributed by atoms with Gasteiger partial charge in [0.1, 0.15) is 0 Å². The summed E-state index contributed by atoms with van der Waals surface area (Å²) in [6.45, 7) is 0.893. The van der Waals surface area contributed by atoms with Gasteiger partial charge in [-0.3, -0.25) is 4.79 Å². The number of ether oxygens (including phenoxy) is 2. The van der Waals surface area contributed by atoms with E-state index >= 15 is 0 Å². The van der Waals surface area contributed by atoms with Crippen LogP contribution in [0, 0.1) is 0 Å². The topological polar surface area (TPSA) is 65.4 Å². The van der Waals surface area contributed by atoms with Crippen LogP contribution in [0.3, 0.4) is 0 Å². The second-order valence-electron chi connectivity index (χ2n) is 5.46. The van der Waals surface area contributed by atoms with Crippen LogP contribution in [-0.2, 0) is 6.54 Å². The van der Waals surface area contributed by atoms with Crippen LogP contribution in [0.15, 0.2) is 61.2 Å². The van der Waals surface area contributed by atoms with Crippen molar-refractivity contribution in [3.8, 4) is 11.5 Å². The standard InChI is InChI=1S/C18H15N3O3/c22-18(14-4-5-16-17(9-14)24-12-23-16)20-15-3-1-2-13(8-15)10-21-7-6-19-11-21/h1-9,11H,10,12H2,(H,20,22). The van der Waals surface area contributed by atoms with E-state index in [1.54, 1.807) is 30.7 Å². The summed E-state index contributed by atoms with van der Waals surface area (Å²) >= 11 is 0. The number of fused-ring (bicyclic) bond motifs is 1. The lowest BCUT2D eigenvalue weighted by Gasteiger charge is -2.08. The minimum absolute atomic E-state index is 0.187. The minimum Gasteiger partial charge on any atom is -0.454 e. The van der Waals surface area contributed by atoms with Crippen molar-refractivity contribution in [3.05, 3.63) is 72.3 Å². The SMILES string of the molecule is O=C(Nc1cccc(Cn2ccnc2)c1)c1ccc2c(c1)OCO2. The molecule has 24 heavy (non-hydrogen) atoms. The minimum atomic E-state index is -0.187. The predicted octanol–water partition coefficient (Wildman–Crippen LogP) is 2.91. The van der Waals surface area contributed by atoms with Gasteiger partial charge >= 0.3 is 0 Å². The highest BCUT2D eigenvalue weighted by Crippen LogP contribution is 2.32. The molecule has 0 radical (unpaired) electrons. The Hall–Kier alpha value is -3.28. The number of benzene rings is 2. The van der Waals surface area contributed by atoms with Crippen LogP contribution in [0.2, 0.25) is 0 Å². The van der Waals surface area contributed by atoms with Gasteiger partial charge < -0.3 is 19.4 Å². The molecule has 120 valence electrons. The lowest BCUT2D eigenvalue weighted by atomic mass is 10.1. The Balaban J connectivity index is 1.49. The van der Waals surface area contributed by atoms with Crippen molar-refractivity contribution in [2.45, 2.75) is 6.54 Å². The highest BCUT2D eigenvalue weighted by Gasteiger charge is 2.16. The first-order valence-electron chi connectivity index (χ1n) is 7.54. The Morgan fingerprint density at radius 2 is 2.08 bits per heavy atom. The average Bonchev–Trinajstić information content (AvgIpc) is 3.25. The Labute approximate surface area is 138 Å². The van der Waals surface area contributed by atoms with E-state index in [1.807, 2.05) is 35.0 Å². The number of carbonyl (C=O) groups is 1. The van der Waals surface area contributed by atoms with Gasteiger partial charge in [-0.05, 0) is 35.9 Å². The molecule has 0 aliphatic carbocycles. The van der Waals surface area contributed by atoms with Gasteiger partial charge in [0.15, 0.2) is 11.5 Å². The highest BCUT2D eigenvalue weighted by atomic mass is 16.7. The van der Waals surface area contributed by atoms with Crippen molar-refractivity contribution >= 4 is 11.6 Å². The Morgan fingerprint density at radius 3 is 2.96 bits per heavy atom. The fourth-order valence-corrected chi connectivity index (χ4v) is 2.58. The molecule has 1 aliphatic heterocycles. The summed E-state index contributed by atoms with van der Waals surface area (Å²) in [6.07, 6.45) is 5.40. The van der Waals surface area contributed by atoms with Gasteiger partial charge in [-0.1, -0.05) is 12.1 Å². The molecule has 6 nitrogen and oxygen atoms in total. The maximum Gasteiger partial charge on any atom is 0.255 e. The number of imidazole rings is 1. The van der Waals surface area contributed by atoms with Gasteiger partial charge in [0, 0.05) is 30.2 Å². The molecular weight excluding hydrogens is 306 g/mol. The molecule has 0 saturated carbocycles. The molecule has 2 aromatic carbocycles. The Bertz CT molecular complexity index is 875. The second kappa shape index (κ2) is 6.08. The van der Waals surface area contributed by atoms with E-state index in [0.717, 1.165) is 11.3 Å². The molecule has 1 aromatic heterocycles. The number of hydrogen-bond acceptors (Lipinski definition) is 4. The largest absolute Gasteiger partial charge is 0.454 e. The third-order valence-corrected chi connectivity index (χ3v) is 3.74. The first-order valence-corrected chi connectivity index (χ1v) is 7.54. The van der Waals surface area contributed by atoms with Crippen LogP contribution >= 0.6 is 0 Å². The van der Waals surface area contributed by atoms with Gasteiger partial charge in [0.2, 0.25) is 6.79 Å². The molecule has 1 amide bonds. The van der Waals surface area contributed by atoms with E-state index in [4.69, 9.17) is 9.47 Å². The molecule has 0 atom stereocenters. The first kappa shape index (κ1) is 14.3. The van der Waals surface area contributed by atoms with Crippen LogP contribution in [-0.4, -0.2) is 22.3 Å². The van der Waals surface area contributed by atoms with Gasteiger partial charge in [-0.15, -0.1) is 0 Å². The zero-order valence-electron chi connectivity index (χ0n) is 12.8. The lowest BCUT2D eigenvalue weighted by Crippen LogP contribution is -2.12. The quantitative estimate of drug-likeness (QED) is 0.802. The van der Waals surface area contributed by atoms with Crippen LogP contribution in [0.1, 0.15) is 15.9 Å². The second-order valence-corrected chi connectivity index (χ2v) is 5.46. The molecule has 4 rings (SSSR count). The molecule has 2 heterocycles. The van der Waals surface area contributed by atoms with Crippen LogP contribution < -0.4 is 14.8 Å². The number of nitrogens with one attached hydrogen (secondary N) is 1. The van der Waals surface area contributed by atoms with E-state index in [0.29, 0.717) is 23.6 Å². The fourth-order valence-electron chi connectivity index (χ4n) is 2.58. The predicted molar refractivity (Wildman–Crippen MR) is 88.3 cm³/mol. The molecule has 3 aromatic rings. The van der Waals surface area contributed by atoms with Crippen LogP contribution in [0.4, 0.5) is 5.69 Å². The van der Waals surface area contributed by atoms with E-state index in [2.05, 4.69) is 10.3 Å². The van der Waals surface area contributed by atoms with Gasteiger partial charge in [-0.2, -0.15) is 0 Å². The third kappa shape index (κ3) is 2.94. The normalized spacial score (nSPS) is 12.2. The molecule has 0 fully saturated rings.